The molecule has 1 heterocycles. The van der Waals surface area contributed by atoms with Crippen molar-refractivity contribution in [2.45, 2.75) is 0 Å². The van der Waals surface area contributed by atoms with Gasteiger partial charge in [-0.25, -0.2) is 9.97 Å². The van der Waals surface area contributed by atoms with Gasteiger partial charge in [-0.15, -0.1) is 0 Å². The van der Waals surface area contributed by atoms with E-state index in [2.05, 4.69) is 15.1 Å². The second kappa shape index (κ2) is 5.86. The van der Waals surface area contributed by atoms with Gasteiger partial charge in [0.1, 0.15) is 0 Å². The fraction of sp³-hybridized carbons (Fsp3) is 0.444. The number of likely N-dealkylation sites (N-methyl/N-ethyl adjacent to an activating group) is 1. The van der Waals surface area contributed by atoms with Crippen LogP contribution in [-0.4, -0.2) is 48.3 Å². The molecule has 0 fully saturated rings. The molecule has 0 atom stereocenters. The summed E-state index contributed by atoms with van der Waals surface area (Å²) in [7, 11) is 3.45. The number of aromatic nitrogens is 2. The summed E-state index contributed by atoms with van der Waals surface area (Å²) in [4.78, 5) is 9.98. The number of amidine groups is 1. The van der Waals surface area contributed by atoms with Gasteiger partial charge >= 0.3 is 0 Å². The van der Waals surface area contributed by atoms with Gasteiger partial charge in [0.25, 0.3) is 0 Å². The SMILES string of the molecule is COCCN(C)c1nccnc1C(N)=NO. The lowest BCUT2D eigenvalue weighted by Gasteiger charge is -2.19. The van der Waals surface area contributed by atoms with Gasteiger partial charge in [-0.3, -0.25) is 0 Å². The van der Waals surface area contributed by atoms with Crippen molar-refractivity contribution in [3.05, 3.63) is 18.1 Å². The lowest BCUT2D eigenvalue weighted by molar-refractivity contribution is 0.206. The zero-order valence-electron chi connectivity index (χ0n) is 9.29. The van der Waals surface area contributed by atoms with Gasteiger partial charge in [0, 0.05) is 33.1 Å². The topological polar surface area (TPSA) is 96.9 Å². The third kappa shape index (κ3) is 2.80. The summed E-state index contributed by atoms with van der Waals surface area (Å²) in [6.07, 6.45) is 3.04. The average Bonchev–Trinajstić information content (AvgIpc) is 2.35. The molecule has 1 aromatic heterocycles. The van der Waals surface area contributed by atoms with E-state index >= 15 is 0 Å². The smallest absolute Gasteiger partial charge is 0.192 e. The predicted molar refractivity (Wildman–Crippen MR) is 59.7 cm³/mol. The predicted octanol–water partition coefficient (Wildman–Crippen LogP) is -0.346. The summed E-state index contributed by atoms with van der Waals surface area (Å²) in [6.45, 7) is 1.20. The first-order valence-corrected chi connectivity index (χ1v) is 4.69. The van der Waals surface area contributed by atoms with Crippen LogP contribution < -0.4 is 10.6 Å². The van der Waals surface area contributed by atoms with Crippen molar-refractivity contribution in [3.8, 4) is 0 Å². The number of oxime groups is 1. The minimum absolute atomic E-state index is 0.0626. The molecular weight excluding hydrogens is 210 g/mol. The maximum absolute atomic E-state index is 8.62. The largest absolute Gasteiger partial charge is 0.409 e. The lowest BCUT2D eigenvalue weighted by atomic mass is 10.3. The van der Waals surface area contributed by atoms with Gasteiger partial charge < -0.3 is 20.6 Å². The summed E-state index contributed by atoms with van der Waals surface area (Å²) in [5.41, 5.74) is 5.85. The number of nitrogens with two attached hydrogens (primary N) is 1. The zero-order chi connectivity index (χ0) is 12.0. The van der Waals surface area contributed by atoms with Crippen molar-refractivity contribution in [1.82, 2.24) is 9.97 Å². The van der Waals surface area contributed by atoms with Crippen molar-refractivity contribution in [2.75, 3.05) is 32.2 Å². The van der Waals surface area contributed by atoms with Crippen molar-refractivity contribution in [2.24, 2.45) is 10.9 Å². The molecule has 1 rings (SSSR count). The Hall–Kier alpha value is -1.89. The monoisotopic (exact) mass is 225 g/mol. The normalized spacial score (nSPS) is 11.5. The maximum atomic E-state index is 8.62. The second-order valence-corrected chi connectivity index (χ2v) is 3.13. The van der Waals surface area contributed by atoms with Crippen LogP contribution >= 0.6 is 0 Å². The van der Waals surface area contributed by atoms with E-state index < -0.39 is 0 Å². The molecule has 3 N–H and O–H groups in total. The molecule has 0 radical (unpaired) electrons. The van der Waals surface area contributed by atoms with E-state index in [1.807, 2.05) is 11.9 Å². The third-order valence-electron chi connectivity index (χ3n) is 2.02. The molecule has 0 aliphatic carbocycles. The number of methoxy groups -OCH3 is 1. The molecule has 0 saturated heterocycles. The molecule has 0 spiro atoms. The Kier molecular flexibility index (Phi) is 4.46. The van der Waals surface area contributed by atoms with Gasteiger partial charge in [-0.1, -0.05) is 5.16 Å². The van der Waals surface area contributed by atoms with Crippen LogP contribution in [0.2, 0.25) is 0 Å². The summed E-state index contributed by atoms with van der Waals surface area (Å²) in [5, 5.41) is 11.5. The van der Waals surface area contributed by atoms with E-state index in [4.69, 9.17) is 15.7 Å². The molecule has 88 valence electrons. The van der Waals surface area contributed by atoms with Crippen LogP contribution in [0, 0.1) is 0 Å². The van der Waals surface area contributed by atoms with Crippen LogP contribution in [-0.2, 0) is 4.74 Å². The van der Waals surface area contributed by atoms with Crippen LogP contribution in [0.4, 0.5) is 5.82 Å². The highest BCUT2D eigenvalue weighted by molar-refractivity contribution is 5.99. The van der Waals surface area contributed by atoms with Crippen molar-refractivity contribution < 1.29 is 9.94 Å². The Labute approximate surface area is 93.6 Å². The van der Waals surface area contributed by atoms with E-state index in [-0.39, 0.29) is 5.84 Å². The highest BCUT2D eigenvalue weighted by Gasteiger charge is 2.13. The van der Waals surface area contributed by atoms with E-state index in [1.54, 1.807) is 13.3 Å². The van der Waals surface area contributed by atoms with Crippen molar-refractivity contribution >= 4 is 11.7 Å². The Morgan fingerprint density at radius 1 is 1.56 bits per heavy atom. The molecule has 0 amide bonds. The van der Waals surface area contributed by atoms with Crippen molar-refractivity contribution in [1.29, 1.82) is 0 Å². The van der Waals surface area contributed by atoms with Crippen molar-refractivity contribution in [3.63, 3.8) is 0 Å². The zero-order valence-corrected chi connectivity index (χ0v) is 9.29. The Bertz CT molecular complexity index is 369. The van der Waals surface area contributed by atoms with Gasteiger partial charge in [-0.2, -0.15) is 0 Å². The molecule has 0 aromatic carbocycles. The van der Waals surface area contributed by atoms with E-state index in [0.29, 0.717) is 24.7 Å². The van der Waals surface area contributed by atoms with E-state index in [0.717, 1.165) is 0 Å². The Morgan fingerprint density at radius 2 is 2.25 bits per heavy atom. The summed E-state index contributed by atoms with van der Waals surface area (Å²) in [6, 6.07) is 0. The second-order valence-electron chi connectivity index (χ2n) is 3.13. The molecule has 0 unspecified atom stereocenters. The van der Waals surface area contributed by atoms with Crippen LogP contribution in [0.3, 0.4) is 0 Å². The molecule has 1 aromatic rings. The van der Waals surface area contributed by atoms with Crippen LogP contribution in [0.25, 0.3) is 0 Å². The first kappa shape index (κ1) is 12.2. The van der Waals surface area contributed by atoms with E-state index in [1.165, 1.54) is 6.20 Å². The number of anilines is 1. The standard InChI is InChI=1S/C9H15N5O2/c1-14(5-6-16-2)9-7(8(10)13-15)11-3-4-12-9/h3-4,15H,5-6H2,1-2H3,(H2,10,13). The van der Waals surface area contributed by atoms with Crippen LogP contribution in [0.15, 0.2) is 17.5 Å². The average molecular weight is 225 g/mol. The third-order valence-corrected chi connectivity index (χ3v) is 2.02. The molecular formula is C9H15N5O2. The first-order chi connectivity index (χ1) is 7.70. The van der Waals surface area contributed by atoms with Gasteiger partial charge in [-0.05, 0) is 0 Å². The van der Waals surface area contributed by atoms with Gasteiger partial charge in [0.15, 0.2) is 17.3 Å². The molecule has 0 saturated carbocycles. The molecule has 0 aliphatic heterocycles. The first-order valence-electron chi connectivity index (χ1n) is 4.69. The molecule has 0 bridgehead atoms. The molecule has 7 heteroatoms. The number of nitrogens with zero attached hydrogens (tertiary/aromatic N) is 4. The number of hydrogen-bond acceptors (Lipinski definition) is 6. The maximum Gasteiger partial charge on any atom is 0.192 e. The fourth-order valence-electron chi connectivity index (χ4n) is 1.17. The summed E-state index contributed by atoms with van der Waals surface area (Å²) < 4.78 is 4.96. The Morgan fingerprint density at radius 3 is 2.88 bits per heavy atom. The molecule has 7 nitrogen and oxygen atoms in total. The number of hydrogen-bond donors (Lipinski definition) is 2. The fourth-order valence-corrected chi connectivity index (χ4v) is 1.17. The van der Waals surface area contributed by atoms with Gasteiger partial charge in [0.2, 0.25) is 0 Å². The molecule has 0 aliphatic rings. The minimum Gasteiger partial charge on any atom is -0.409 e. The Balaban J connectivity index is 2.94. The van der Waals surface area contributed by atoms with Crippen LogP contribution in [0.1, 0.15) is 5.69 Å². The number of rotatable bonds is 5. The lowest BCUT2D eigenvalue weighted by Crippen LogP contribution is -2.27. The highest BCUT2D eigenvalue weighted by Crippen LogP contribution is 2.12. The highest BCUT2D eigenvalue weighted by atomic mass is 16.5. The minimum atomic E-state index is -0.0626. The quantitative estimate of drug-likeness (QED) is 0.308. The van der Waals surface area contributed by atoms with Gasteiger partial charge in [0.05, 0.1) is 6.61 Å². The number of ether oxygens (including phenoxy) is 1. The summed E-state index contributed by atoms with van der Waals surface area (Å²) in [5.74, 6) is 0.488. The summed E-state index contributed by atoms with van der Waals surface area (Å²) >= 11 is 0. The van der Waals surface area contributed by atoms with Crippen LogP contribution in [0.5, 0.6) is 0 Å². The van der Waals surface area contributed by atoms with E-state index in [9.17, 15) is 0 Å². The molecule has 16 heavy (non-hydrogen) atoms.